The average molecular weight is 516 g/mol. The molecule has 5 aromatic heterocycles. The van der Waals surface area contributed by atoms with E-state index in [1.807, 2.05) is 18.2 Å². The molecule has 1 amide bonds. The molecule has 39 heavy (non-hydrogen) atoms. The van der Waals surface area contributed by atoms with Crippen molar-refractivity contribution in [2.75, 3.05) is 5.73 Å². The van der Waals surface area contributed by atoms with Crippen LogP contribution in [0, 0.1) is 11.8 Å². The van der Waals surface area contributed by atoms with E-state index in [2.05, 4.69) is 32.2 Å². The Hall–Kier alpha value is -5.76. The lowest BCUT2D eigenvalue weighted by atomic mass is 10.2. The number of amides is 1. The van der Waals surface area contributed by atoms with E-state index in [1.54, 1.807) is 74.3 Å². The van der Waals surface area contributed by atoms with Gasteiger partial charge in [0.05, 0.1) is 17.3 Å². The molecule has 11 heteroatoms. The number of pyridine rings is 1. The summed E-state index contributed by atoms with van der Waals surface area (Å²) in [6.07, 6.45) is 8.20. The first-order valence-electron chi connectivity index (χ1n) is 12.0. The molecule has 190 valence electrons. The maximum absolute atomic E-state index is 14.0. The molecule has 0 bridgehead atoms. The molecule has 3 N–H and O–H groups in total. The van der Waals surface area contributed by atoms with Gasteiger partial charge in [-0.3, -0.25) is 19.1 Å². The predicted octanol–water partition coefficient (Wildman–Crippen LogP) is 2.40. The zero-order valence-corrected chi connectivity index (χ0v) is 20.7. The zero-order chi connectivity index (χ0) is 26.9. The Bertz CT molecular complexity index is 1960. The van der Waals surface area contributed by atoms with Crippen LogP contribution < -0.4 is 16.6 Å². The Morgan fingerprint density at radius 1 is 0.949 bits per heavy atom. The highest BCUT2D eigenvalue weighted by atomic mass is 16.2. The number of rotatable bonds is 4. The van der Waals surface area contributed by atoms with E-state index in [1.165, 1.54) is 13.6 Å². The number of carbonyl (C=O) groups excluding carboxylic acids is 1. The van der Waals surface area contributed by atoms with Gasteiger partial charge in [-0.1, -0.05) is 30.0 Å². The van der Waals surface area contributed by atoms with Gasteiger partial charge in [-0.2, -0.15) is 5.10 Å². The van der Waals surface area contributed by atoms with Crippen LogP contribution in [0.15, 0.2) is 90.4 Å². The lowest BCUT2D eigenvalue weighted by Crippen LogP contribution is -2.34. The maximum atomic E-state index is 14.0. The van der Waals surface area contributed by atoms with Crippen molar-refractivity contribution in [3.05, 3.63) is 118 Å². The van der Waals surface area contributed by atoms with Crippen molar-refractivity contribution in [2.24, 2.45) is 0 Å². The Labute approximate surface area is 221 Å². The van der Waals surface area contributed by atoms with E-state index in [-0.39, 0.29) is 16.9 Å². The molecule has 6 aromatic rings. The number of hydrogen-bond acceptors (Lipinski definition) is 7. The molecule has 0 aliphatic rings. The molecule has 0 unspecified atom stereocenters. The summed E-state index contributed by atoms with van der Waals surface area (Å²) in [6, 6.07) is 15.4. The summed E-state index contributed by atoms with van der Waals surface area (Å²) in [7, 11) is 0. The van der Waals surface area contributed by atoms with Crippen LogP contribution in [-0.4, -0.2) is 39.7 Å². The van der Waals surface area contributed by atoms with Crippen molar-refractivity contribution in [3.63, 3.8) is 0 Å². The van der Waals surface area contributed by atoms with Crippen molar-refractivity contribution in [2.45, 2.75) is 13.0 Å². The normalized spacial score (nSPS) is 11.7. The fourth-order valence-electron chi connectivity index (χ4n) is 4.32. The third kappa shape index (κ3) is 4.25. The molecule has 0 aliphatic heterocycles. The van der Waals surface area contributed by atoms with Gasteiger partial charge in [0, 0.05) is 36.5 Å². The number of hydrogen-bond donors (Lipinski definition) is 2. The van der Waals surface area contributed by atoms with Gasteiger partial charge in [0.1, 0.15) is 11.1 Å². The summed E-state index contributed by atoms with van der Waals surface area (Å²) < 4.78 is 4.41. The Kier molecular flexibility index (Phi) is 5.82. The maximum Gasteiger partial charge on any atom is 0.283 e. The lowest BCUT2D eigenvalue weighted by Gasteiger charge is -2.19. The summed E-state index contributed by atoms with van der Waals surface area (Å²) in [5.74, 6) is 6.02. The van der Waals surface area contributed by atoms with Crippen molar-refractivity contribution in [1.29, 1.82) is 0 Å². The second kappa shape index (κ2) is 9.60. The number of aromatic nitrogens is 7. The highest BCUT2D eigenvalue weighted by Gasteiger charge is 2.25. The summed E-state index contributed by atoms with van der Waals surface area (Å²) >= 11 is 0. The fraction of sp³-hybridized carbons (Fsp3) is 0.0714. The third-order valence-corrected chi connectivity index (χ3v) is 6.13. The van der Waals surface area contributed by atoms with E-state index in [4.69, 9.17) is 10.8 Å². The number of nitrogens with two attached hydrogens (primary N) is 1. The Balaban J connectivity index is 1.45. The summed E-state index contributed by atoms with van der Waals surface area (Å²) in [6.45, 7) is 1.74. The molecule has 0 saturated heterocycles. The molecule has 1 aromatic carbocycles. The standard InChI is InChI=1S/C28H21N9O2/c1-18(32-27(38)22-24(29)33-36-16-5-13-31-26(22)36)25-34-35-17-12-20(9-8-19-10-14-30-15-11-19)23(35)28(39)37(25)21-6-3-2-4-7-21/h2-7,10-18H,1H3,(H2,29,33)(H,32,38)/t18-/m1/s1. The first-order valence-corrected chi connectivity index (χ1v) is 12.0. The van der Waals surface area contributed by atoms with Crippen LogP contribution in [0.2, 0.25) is 0 Å². The van der Waals surface area contributed by atoms with Crippen molar-refractivity contribution in [3.8, 4) is 17.5 Å². The van der Waals surface area contributed by atoms with E-state index in [9.17, 15) is 9.59 Å². The minimum Gasteiger partial charge on any atom is -0.381 e. The van der Waals surface area contributed by atoms with Crippen LogP contribution in [0.25, 0.3) is 16.9 Å². The van der Waals surface area contributed by atoms with Crippen LogP contribution in [-0.2, 0) is 0 Å². The van der Waals surface area contributed by atoms with E-state index in [0.717, 1.165) is 5.56 Å². The van der Waals surface area contributed by atoms with Crippen LogP contribution in [0.4, 0.5) is 5.82 Å². The smallest absolute Gasteiger partial charge is 0.283 e. The lowest BCUT2D eigenvalue weighted by molar-refractivity contribution is 0.0940. The Morgan fingerprint density at radius 2 is 1.74 bits per heavy atom. The summed E-state index contributed by atoms with van der Waals surface area (Å²) in [4.78, 5) is 35.5. The molecular weight excluding hydrogens is 494 g/mol. The molecule has 1 atom stereocenters. The summed E-state index contributed by atoms with van der Waals surface area (Å²) in [5.41, 5.74) is 8.40. The fourth-order valence-corrected chi connectivity index (χ4v) is 4.32. The van der Waals surface area contributed by atoms with Gasteiger partial charge in [0.15, 0.2) is 17.3 Å². The third-order valence-electron chi connectivity index (χ3n) is 6.13. The molecule has 6 rings (SSSR count). The minimum atomic E-state index is -0.693. The van der Waals surface area contributed by atoms with Crippen molar-refractivity contribution < 1.29 is 4.79 Å². The highest BCUT2D eigenvalue weighted by molar-refractivity contribution is 6.04. The first kappa shape index (κ1) is 23.6. The van der Waals surface area contributed by atoms with Crippen molar-refractivity contribution in [1.82, 2.24) is 39.1 Å². The Morgan fingerprint density at radius 3 is 2.54 bits per heavy atom. The molecule has 0 spiro atoms. The zero-order valence-electron chi connectivity index (χ0n) is 20.7. The van der Waals surface area contributed by atoms with Gasteiger partial charge in [-0.05, 0) is 43.3 Å². The topological polar surface area (TPSA) is 138 Å². The number of nitrogens with one attached hydrogen (secondary N) is 1. The molecular formula is C28H21N9O2. The minimum absolute atomic E-state index is 0.0464. The van der Waals surface area contributed by atoms with Gasteiger partial charge in [0.2, 0.25) is 0 Å². The number of anilines is 1. The number of benzene rings is 1. The van der Waals surface area contributed by atoms with Gasteiger partial charge < -0.3 is 11.1 Å². The molecule has 0 fully saturated rings. The number of para-hydroxylation sites is 1. The van der Waals surface area contributed by atoms with Crippen LogP contribution >= 0.6 is 0 Å². The number of nitrogens with zero attached hydrogens (tertiary/aromatic N) is 7. The molecule has 11 nitrogen and oxygen atoms in total. The molecule has 0 radical (unpaired) electrons. The van der Waals surface area contributed by atoms with E-state index in [0.29, 0.717) is 28.2 Å². The van der Waals surface area contributed by atoms with Crippen LogP contribution in [0.1, 0.15) is 40.3 Å². The molecule has 5 heterocycles. The van der Waals surface area contributed by atoms with Gasteiger partial charge in [-0.15, -0.1) is 5.10 Å². The quantitative estimate of drug-likeness (QED) is 0.344. The largest absolute Gasteiger partial charge is 0.381 e. The van der Waals surface area contributed by atoms with Gasteiger partial charge in [-0.25, -0.2) is 14.0 Å². The van der Waals surface area contributed by atoms with E-state index >= 15 is 0 Å². The predicted molar refractivity (Wildman–Crippen MR) is 144 cm³/mol. The number of nitrogen functional groups attached to an aromatic ring is 1. The highest BCUT2D eigenvalue weighted by Crippen LogP contribution is 2.20. The van der Waals surface area contributed by atoms with Crippen LogP contribution in [0.5, 0.6) is 0 Å². The molecule has 0 saturated carbocycles. The summed E-state index contributed by atoms with van der Waals surface area (Å²) in [5, 5.41) is 11.8. The number of carbonyl (C=O) groups is 1. The van der Waals surface area contributed by atoms with E-state index < -0.39 is 11.9 Å². The van der Waals surface area contributed by atoms with Crippen LogP contribution in [0.3, 0.4) is 0 Å². The SMILES string of the molecule is C[C@@H](NC(=O)c1c(N)nn2cccnc12)c1nn2ccc(C#Cc3ccncc3)c2c(=O)n1-c1ccccc1. The first-order chi connectivity index (χ1) is 19.0. The van der Waals surface area contributed by atoms with Crippen molar-refractivity contribution >= 4 is 22.9 Å². The second-order valence-corrected chi connectivity index (χ2v) is 8.69. The van der Waals surface area contributed by atoms with Gasteiger partial charge >= 0.3 is 0 Å². The number of fused-ring (bicyclic) bond motifs is 2. The average Bonchev–Trinajstić information content (AvgIpc) is 3.52. The second-order valence-electron chi connectivity index (χ2n) is 8.69. The monoisotopic (exact) mass is 515 g/mol. The van der Waals surface area contributed by atoms with Gasteiger partial charge in [0.25, 0.3) is 11.5 Å². The molecule has 0 aliphatic carbocycles.